The Morgan fingerprint density at radius 2 is 0.915 bits per heavy atom. The summed E-state index contributed by atoms with van der Waals surface area (Å²) in [5.41, 5.74) is 9.02. The molecule has 260 valence electrons. The molecule has 1 aromatic heterocycles. The van der Waals surface area contributed by atoms with Gasteiger partial charge in [-0.2, -0.15) is 0 Å². The van der Waals surface area contributed by atoms with Crippen molar-refractivity contribution in [1.29, 1.82) is 0 Å². The molecule has 8 heteroatoms. The van der Waals surface area contributed by atoms with Crippen LogP contribution < -0.4 is 0 Å². The summed E-state index contributed by atoms with van der Waals surface area (Å²) in [6.45, 7) is 34.1. The quantitative estimate of drug-likeness (QED) is 0.115. The third-order valence-corrected chi connectivity index (χ3v) is 18.9. The third-order valence-electron chi connectivity index (χ3n) is 9.35. The predicted molar refractivity (Wildman–Crippen MR) is 215 cm³/mol. The number of halogens is 2. The summed E-state index contributed by atoms with van der Waals surface area (Å²) in [7, 11) is -1.84. The molecule has 0 aliphatic carbocycles. The molecule has 2 aromatic carbocycles. The second kappa shape index (κ2) is 21.5. The number of hydrogen-bond acceptors (Lipinski definition) is 3. The van der Waals surface area contributed by atoms with Crippen LogP contribution in [-0.2, 0) is 17.1 Å². The van der Waals surface area contributed by atoms with E-state index in [1.807, 2.05) is 71.9 Å². The summed E-state index contributed by atoms with van der Waals surface area (Å²) in [5, 5.41) is 1.29. The van der Waals surface area contributed by atoms with Gasteiger partial charge in [0.05, 0.1) is 44.2 Å². The van der Waals surface area contributed by atoms with Crippen LogP contribution in [0.1, 0.15) is 89.0 Å². The van der Waals surface area contributed by atoms with Crippen LogP contribution in [0, 0.1) is 40.8 Å². The van der Waals surface area contributed by atoms with Crippen LogP contribution in [0.4, 0.5) is 11.4 Å². The average molecular weight is 753 g/mol. The van der Waals surface area contributed by atoms with Crippen molar-refractivity contribution in [2.75, 3.05) is 0 Å². The molecule has 47 heavy (non-hydrogen) atoms. The van der Waals surface area contributed by atoms with E-state index in [2.05, 4.69) is 66.8 Å². The zero-order valence-electron chi connectivity index (χ0n) is 31.1. The normalized spacial score (nSPS) is 12.0. The van der Waals surface area contributed by atoms with E-state index in [4.69, 9.17) is 38.2 Å². The van der Waals surface area contributed by atoms with Crippen LogP contribution in [-0.4, -0.2) is 32.6 Å². The monoisotopic (exact) mass is 751 g/mol. The summed E-state index contributed by atoms with van der Waals surface area (Å²) in [6, 6.07) is 21.9. The van der Waals surface area contributed by atoms with E-state index in [1.165, 1.54) is 36.3 Å². The molecule has 0 saturated carbocycles. The number of aliphatic imine (C=N–C) groups is 2. The molecule has 3 aromatic rings. The first-order valence-corrected chi connectivity index (χ1v) is 23.3. The summed E-state index contributed by atoms with van der Waals surface area (Å²) in [6.07, 6.45) is 0. The SMILES string of the molecule is CC(=Nc1c(C)cc(C)cc1Cl)c1cccc(C(C)=Nc2c(C)cc(C)cc2Cl)n1.[CH2-][Si](CC)(CC)CC.[CH2-][Si](CC)(CC)CC.[Fe+2]. The molecule has 0 saturated heterocycles. The molecule has 0 amide bonds. The fraction of sp³-hybridized carbons (Fsp3) is 0.462. The van der Waals surface area contributed by atoms with Crippen LogP contribution >= 0.6 is 23.2 Å². The fourth-order valence-electron chi connectivity index (χ4n) is 4.89. The maximum Gasteiger partial charge on any atom is 2.00 e. The molecule has 1 heterocycles. The van der Waals surface area contributed by atoms with Crippen LogP contribution in [0.3, 0.4) is 0 Å². The Morgan fingerprint density at radius 1 is 0.617 bits per heavy atom. The Hall–Kier alpha value is -1.54. The van der Waals surface area contributed by atoms with Gasteiger partial charge in [-0.15, -0.1) is 0 Å². The molecule has 0 fully saturated rings. The van der Waals surface area contributed by atoms with Crippen molar-refractivity contribution in [2.24, 2.45) is 9.98 Å². The molecule has 0 aliphatic heterocycles. The van der Waals surface area contributed by atoms with Gasteiger partial charge in [0.1, 0.15) is 0 Å². The minimum Gasteiger partial charge on any atom is -0.342 e. The number of benzene rings is 2. The first kappa shape index (κ1) is 45.5. The number of nitrogens with zero attached hydrogens (tertiary/aromatic N) is 3. The minimum atomic E-state index is -0.921. The first-order valence-electron chi connectivity index (χ1n) is 16.8. The second-order valence-electron chi connectivity index (χ2n) is 12.7. The summed E-state index contributed by atoms with van der Waals surface area (Å²) < 4.78 is 0. The van der Waals surface area contributed by atoms with Gasteiger partial charge >= 0.3 is 17.1 Å². The molecule has 0 radical (unpaired) electrons. The largest absolute Gasteiger partial charge is 2.00 e. The number of rotatable bonds is 10. The smallest absolute Gasteiger partial charge is 0.342 e. The molecular weight excluding hydrogens is 693 g/mol. The van der Waals surface area contributed by atoms with Gasteiger partial charge in [0.2, 0.25) is 0 Å². The molecule has 3 rings (SSSR count). The van der Waals surface area contributed by atoms with Gasteiger partial charge in [-0.25, -0.2) is 15.0 Å². The maximum absolute atomic E-state index is 6.42. The van der Waals surface area contributed by atoms with E-state index < -0.39 is 16.1 Å². The Balaban J connectivity index is 0.00000103. The Kier molecular flexibility index (Phi) is 20.8. The van der Waals surface area contributed by atoms with Crippen LogP contribution in [0.25, 0.3) is 0 Å². The van der Waals surface area contributed by atoms with Gasteiger partial charge in [0, 0.05) is 0 Å². The molecule has 0 N–H and O–H groups in total. The molecule has 0 unspecified atom stereocenters. The minimum absolute atomic E-state index is 0. The summed E-state index contributed by atoms with van der Waals surface area (Å²) >= 11 is 12.8. The zero-order chi connectivity index (χ0) is 35.2. The Labute approximate surface area is 311 Å². The van der Waals surface area contributed by atoms with Crippen molar-refractivity contribution in [3.63, 3.8) is 0 Å². The number of aromatic nitrogens is 1. The molecule has 0 spiro atoms. The Bertz CT molecular complexity index is 1310. The summed E-state index contributed by atoms with van der Waals surface area (Å²) in [4.78, 5) is 14.3. The van der Waals surface area contributed by atoms with E-state index >= 15 is 0 Å². The predicted octanol–water partition coefficient (Wildman–Crippen LogP) is 13.6. The first-order chi connectivity index (χ1) is 21.5. The number of aryl methyl sites for hydroxylation is 4. The molecule has 3 nitrogen and oxygen atoms in total. The van der Waals surface area contributed by atoms with Gasteiger partial charge in [-0.05, 0) is 88.1 Å². The van der Waals surface area contributed by atoms with Crippen LogP contribution in [0.5, 0.6) is 0 Å². The van der Waals surface area contributed by atoms with Crippen molar-refractivity contribution in [3.05, 3.63) is 99.2 Å². The fourth-order valence-corrected chi connectivity index (χ4v) is 8.61. The van der Waals surface area contributed by atoms with Crippen molar-refractivity contribution >= 4 is 62.1 Å². The van der Waals surface area contributed by atoms with Gasteiger partial charge in [-0.1, -0.05) is 135 Å². The van der Waals surface area contributed by atoms with Crippen molar-refractivity contribution < 1.29 is 17.1 Å². The van der Waals surface area contributed by atoms with Gasteiger partial charge < -0.3 is 13.1 Å². The number of pyridine rings is 1. The molecule has 0 aliphatic rings. The van der Waals surface area contributed by atoms with E-state index in [1.54, 1.807) is 0 Å². The second-order valence-corrected chi connectivity index (χ2v) is 23.8. The van der Waals surface area contributed by atoms with Gasteiger partial charge in [0.15, 0.2) is 0 Å². The van der Waals surface area contributed by atoms with Crippen molar-refractivity contribution in [2.45, 2.75) is 119 Å². The third kappa shape index (κ3) is 14.5. The van der Waals surface area contributed by atoms with E-state index in [0.29, 0.717) is 10.0 Å². The standard InChI is InChI=1S/C25H25Cl2N3.2C7H17Si.Fe/c1-14-10-16(3)24(20(26)12-14)28-18(5)22-8-7-9-23(30-22)19(6)29-25-17(4)11-15(2)13-21(25)27;2*1-5-8(4,6-2)7-3;/h7-13H,1-6H3;2*4-7H2,1-3H3;/q;2*-1;+2. The van der Waals surface area contributed by atoms with Crippen molar-refractivity contribution in [1.82, 2.24) is 4.98 Å². The van der Waals surface area contributed by atoms with Gasteiger partial charge in [0.25, 0.3) is 0 Å². The number of hydrogen-bond donors (Lipinski definition) is 0. The van der Waals surface area contributed by atoms with Gasteiger partial charge in [-0.3, -0.25) is 0 Å². The van der Waals surface area contributed by atoms with Crippen LogP contribution in [0.15, 0.2) is 52.4 Å². The van der Waals surface area contributed by atoms with E-state index in [-0.39, 0.29) is 17.1 Å². The van der Waals surface area contributed by atoms with E-state index in [9.17, 15) is 0 Å². The molecule has 0 bridgehead atoms. The topological polar surface area (TPSA) is 37.6 Å². The maximum atomic E-state index is 6.42. The Morgan fingerprint density at radius 3 is 1.15 bits per heavy atom. The summed E-state index contributed by atoms with van der Waals surface area (Å²) in [5.74, 6) is 0. The average Bonchev–Trinajstić information content (AvgIpc) is 3.04. The zero-order valence-corrected chi connectivity index (χ0v) is 35.8. The molecule has 0 atom stereocenters. The molecular formula is C39H59Cl2FeN3Si2. The van der Waals surface area contributed by atoms with Crippen LogP contribution in [0.2, 0.25) is 46.3 Å². The van der Waals surface area contributed by atoms with E-state index in [0.717, 1.165) is 56.4 Å². The van der Waals surface area contributed by atoms with Crippen molar-refractivity contribution in [3.8, 4) is 0 Å².